The van der Waals surface area contributed by atoms with Crippen LogP contribution in [0.3, 0.4) is 0 Å². The Morgan fingerprint density at radius 1 is 1.05 bits per heavy atom. The molecule has 1 aromatic heterocycles. The van der Waals surface area contributed by atoms with Gasteiger partial charge in [-0.2, -0.15) is 0 Å². The largest absolute Gasteiger partial charge is 0.493 e. The summed E-state index contributed by atoms with van der Waals surface area (Å²) in [5.74, 6) is 1.36. The SMILES string of the molecule is COc1cc2ncnc(Nc3cccc(Cl)c3F)c2cc1OC1CCN(C(=O)Oc2ccccc2)CC1. The Kier molecular flexibility index (Phi) is 7.23. The van der Waals surface area contributed by atoms with Crippen molar-refractivity contribution in [1.29, 1.82) is 0 Å². The summed E-state index contributed by atoms with van der Waals surface area (Å²) in [4.78, 5) is 22.8. The van der Waals surface area contributed by atoms with Crippen molar-refractivity contribution in [1.82, 2.24) is 14.9 Å². The first-order valence-corrected chi connectivity index (χ1v) is 12.1. The summed E-state index contributed by atoms with van der Waals surface area (Å²) < 4.78 is 31.8. The van der Waals surface area contributed by atoms with E-state index < -0.39 is 5.82 Å². The molecule has 3 aromatic carbocycles. The highest BCUT2D eigenvalue weighted by atomic mass is 35.5. The number of fused-ring (bicyclic) bond motifs is 1. The molecule has 1 aliphatic heterocycles. The highest BCUT2D eigenvalue weighted by Gasteiger charge is 2.26. The molecule has 0 unspecified atom stereocenters. The van der Waals surface area contributed by atoms with Gasteiger partial charge in [0.2, 0.25) is 0 Å². The van der Waals surface area contributed by atoms with Gasteiger partial charge in [0.15, 0.2) is 17.3 Å². The third-order valence-electron chi connectivity index (χ3n) is 6.07. The lowest BCUT2D eigenvalue weighted by molar-refractivity contribution is 0.0913. The van der Waals surface area contributed by atoms with Gasteiger partial charge in [-0.15, -0.1) is 0 Å². The maximum absolute atomic E-state index is 14.5. The molecule has 0 bridgehead atoms. The van der Waals surface area contributed by atoms with Crippen molar-refractivity contribution in [2.75, 3.05) is 25.5 Å². The minimum Gasteiger partial charge on any atom is -0.493 e. The second kappa shape index (κ2) is 10.9. The fourth-order valence-corrected chi connectivity index (χ4v) is 4.31. The van der Waals surface area contributed by atoms with Crippen molar-refractivity contribution < 1.29 is 23.4 Å². The van der Waals surface area contributed by atoms with E-state index in [2.05, 4.69) is 15.3 Å². The second-order valence-electron chi connectivity index (χ2n) is 8.45. The van der Waals surface area contributed by atoms with Crippen LogP contribution in [0, 0.1) is 5.82 Å². The molecule has 1 N–H and O–H groups in total. The number of likely N-dealkylation sites (tertiary alicyclic amines) is 1. The number of para-hydroxylation sites is 1. The molecule has 0 atom stereocenters. The highest BCUT2D eigenvalue weighted by molar-refractivity contribution is 6.31. The minimum atomic E-state index is -0.571. The second-order valence-corrected chi connectivity index (χ2v) is 8.86. The number of anilines is 2. The number of carbonyl (C=O) groups is 1. The maximum atomic E-state index is 14.5. The molecule has 5 rings (SSSR count). The standard InChI is InChI=1S/C27H24ClFN4O4/c1-35-23-15-22-19(26(31-16-30-22)32-21-9-5-8-20(28)25(21)29)14-24(23)36-18-10-12-33(13-11-18)27(34)37-17-6-3-2-4-7-17/h2-9,14-16,18H,10-13H2,1H3,(H,30,31,32). The molecule has 1 saturated heterocycles. The van der Waals surface area contributed by atoms with Crippen LogP contribution in [-0.2, 0) is 0 Å². The fraction of sp³-hybridized carbons (Fsp3) is 0.222. The van der Waals surface area contributed by atoms with Crippen LogP contribution in [0.4, 0.5) is 20.7 Å². The van der Waals surface area contributed by atoms with Gasteiger partial charge in [0, 0.05) is 37.4 Å². The zero-order valence-electron chi connectivity index (χ0n) is 20.0. The van der Waals surface area contributed by atoms with Gasteiger partial charge in [0.25, 0.3) is 0 Å². The van der Waals surface area contributed by atoms with Crippen LogP contribution in [0.1, 0.15) is 12.8 Å². The number of rotatable bonds is 6. The summed E-state index contributed by atoms with van der Waals surface area (Å²) >= 11 is 5.93. The van der Waals surface area contributed by atoms with E-state index in [9.17, 15) is 9.18 Å². The molecule has 190 valence electrons. The molecule has 0 aliphatic carbocycles. The van der Waals surface area contributed by atoms with E-state index in [-0.39, 0.29) is 22.9 Å². The van der Waals surface area contributed by atoms with Crippen LogP contribution in [0.15, 0.2) is 67.0 Å². The molecule has 8 nitrogen and oxygen atoms in total. The number of hydrogen-bond donors (Lipinski definition) is 1. The van der Waals surface area contributed by atoms with Gasteiger partial charge in [-0.25, -0.2) is 19.2 Å². The first-order valence-electron chi connectivity index (χ1n) is 11.7. The normalized spacial score (nSPS) is 13.9. The zero-order valence-corrected chi connectivity index (χ0v) is 20.7. The van der Waals surface area contributed by atoms with Gasteiger partial charge < -0.3 is 24.4 Å². The molecule has 0 spiro atoms. The van der Waals surface area contributed by atoms with Crippen LogP contribution in [-0.4, -0.2) is 47.3 Å². The van der Waals surface area contributed by atoms with E-state index in [0.717, 1.165) is 0 Å². The zero-order chi connectivity index (χ0) is 25.8. The van der Waals surface area contributed by atoms with E-state index in [1.807, 2.05) is 18.2 Å². The van der Waals surface area contributed by atoms with Gasteiger partial charge in [0.05, 0.1) is 23.3 Å². The number of nitrogens with zero attached hydrogens (tertiary/aromatic N) is 3. The molecular formula is C27H24ClFN4O4. The fourth-order valence-electron chi connectivity index (χ4n) is 4.13. The number of benzene rings is 3. The van der Waals surface area contributed by atoms with E-state index in [0.29, 0.717) is 59.9 Å². The third-order valence-corrected chi connectivity index (χ3v) is 6.36. The van der Waals surface area contributed by atoms with Crippen LogP contribution in [0.5, 0.6) is 17.2 Å². The third kappa shape index (κ3) is 5.51. The molecule has 0 radical (unpaired) electrons. The van der Waals surface area contributed by atoms with Crippen molar-refractivity contribution in [3.05, 3.63) is 77.8 Å². The molecule has 1 amide bonds. The predicted octanol–water partition coefficient (Wildman–Crippen LogP) is 6.22. The lowest BCUT2D eigenvalue weighted by atomic mass is 10.1. The van der Waals surface area contributed by atoms with E-state index in [1.165, 1.54) is 12.4 Å². The lowest BCUT2D eigenvalue weighted by Gasteiger charge is -2.31. The van der Waals surface area contributed by atoms with Crippen LogP contribution in [0.2, 0.25) is 5.02 Å². The van der Waals surface area contributed by atoms with E-state index in [4.69, 9.17) is 25.8 Å². The number of amides is 1. The summed E-state index contributed by atoms with van der Waals surface area (Å²) in [6.07, 6.45) is 2.11. The Hall–Kier alpha value is -4.11. The number of methoxy groups -OCH3 is 1. The van der Waals surface area contributed by atoms with Crippen molar-refractivity contribution in [3.8, 4) is 17.2 Å². The topological polar surface area (TPSA) is 85.8 Å². The number of ether oxygens (including phenoxy) is 3. The molecular weight excluding hydrogens is 499 g/mol. The molecule has 2 heterocycles. The molecule has 4 aromatic rings. The highest BCUT2D eigenvalue weighted by Crippen LogP contribution is 2.37. The summed E-state index contributed by atoms with van der Waals surface area (Å²) in [7, 11) is 1.55. The van der Waals surface area contributed by atoms with Crippen LogP contribution in [0.25, 0.3) is 10.9 Å². The Bertz CT molecular complexity index is 1410. The molecule has 0 saturated carbocycles. The van der Waals surface area contributed by atoms with Crippen molar-refractivity contribution in [3.63, 3.8) is 0 Å². The number of piperidine rings is 1. The number of halogens is 2. The number of nitrogens with one attached hydrogen (secondary N) is 1. The number of carbonyl (C=O) groups excluding carboxylic acids is 1. The quantitative estimate of drug-likeness (QED) is 0.322. The lowest BCUT2D eigenvalue weighted by Crippen LogP contribution is -2.43. The first-order chi connectivity index (χ1) is 18.0. The van der Waals surface area contributed by atoms with E-state index in [1.54, 1.807) is 48.4 Å². The molecule has 37 heavy (non-hydrogen) atoms. The maximum Gasteiger partial charge on any atom is 0.415 e. The van der Waals surface area contributed by atoms with Gasteiger partial charge in [-0.1, -0.05) is 35.9 Å². The molecule has 10 heteroatoms. The van der Waals surface area contributed by atoms with Crippen molar-refractivity contribution in [2.45, 2.75) is 18.9 Å². The van der Waals surface area contributed by atoms with Gasteiger partial charge >= 0.3 is 6.09 Å². The number of aromatic nitrogens is 2. The van der Waals surface area contributed by atoms with Gasteiger partial charge in [-0.05, 0) is 30.3 Å². The Labute approximate surface area is 217 Å². The molecule has 1 aliphatic rings. The molecule has 1 fully saturated rings. The minimum absolute atomic E-state index is 0.00745. The van der Waals surface area contributed by atoms with Crippen LogP contribution < -0.4 is 19.5 Å². The Balaban J connectivity index is 1.31. The predicted molar refractivity (Wildman–Crippen MR) is 138 cm³/mol. The number of hydrogen-bond acceptors (Lipinski definition) is 7. The Morgan fingerprint density at radius 2 is 1.84 bits per heavy atom. The monoisotopic (exact) mass is 522 g/mol. The first kappa shape index (κ1) is 24.6. The summed E-state index contributed by atoms with van der Waals surface area (Å²) in [6.45, 7) is 0.992. The summed E-state index contributed by atoms with van der Waals surface area (Å²) in [5.41, 5.74) is 0.795. The van der Waals surface area contributed by atoms with Crippen molar-refractivity contribution in [2.24, 2.45) is 0 Å². The summed E-state index contributed by atoms with van der Waals surface area (Å²) in [6, 6.07) is 17.2. The van der Waals surface area contributed by atoms with Gasteiger partial charge in [-0.3, -0.25) is 0 Å². The van der Waals surface area contributed by atoms with E-state index >= 15 is 0 Å². The smallest absolute Gasteiger partial charge is 0.415 e. The average molecular weight is 523 g/mol. The summed E-state index contributed by atoms with van der Waals surface area (Å²) in [5, 5.41) is 3.63. The Morgan fingerprint density at radius 3 is 2.59 bits per heavy atom. The van der Waals surface area contributed by atoms with Gasteiger partial charge in [0.1, 0.15) is 24.0 Å². The average Bonchev–Trinajstić information content (AvgIpc) is 2.92. The van der Waals surface area contributed by atoms with Crippen molar-refractivity contribution >= 4 is 40.1 Å². The van der Waals surface area contributed by atoms with Crippen LogP contribution >= 0.6 is 11.6 Å².